The van der Waals surface area contributed by atoms with Gasteiger partial charge < -0.3 is 14.3 Å². The lowest BCUT2D eigenvalue weighted by atomic mass is 10.2. The van der Waals surface area contributed by atoms with Crippen LogP contribution in [0.5, 0.6) is 0 Å². The van der Waals surface area contributed by atoms with Crippen LogP contribution in [0.1, 0.15) is 10.4 Å². The van der Waals surface area contributed by atoms with E-state index in [2.05, 4.69) is 4.74 Å². The number of aliphatic hydroxyl groups is 1. The first kappa shape index (κ1) is 10.8. The van der Waals surface area contributed by atoms with Crippen LogP contribution in [-0.2, 0) is 11.5 Å². The summed E-state index contributed by atoms with van der Waals surface area (Å²) in [5, 5.41) is 9.11. The number of carbonyl (C=O) groups excluding carboxylic acids is 1. The average molecular weight is 239 g/mol. The SMILES string of the molecule is COC(=O)c1ccc2oc(=S)n(CO)c2c1. The summed E-state index contributed by atoms with van der Waals surface area (Å²) in [6.45, 7) is -0.295. The third kappa shape index (κ3) is 1.62. The second-order valence-corrected chi connectivity index (χ2v) is 3.46. The molecular weight excluding hydrogens is 230 g/mol. The lowest BCUT2D eigenvalue weighted by Crippen LogP contribution is -2.02. The first-order valence-corrected chi connectivity index (χ1v) is 4.90. The molecule has 0 saturated heterocycles. The molecule has 1 aromatic carbocycles. The minimum atomic E-state index is -0.446. The van der Waals surface area contributed by atoms with Crippen LogP contribution < -0.4 is 0 Å². The van der Waals surface area contributed by atoms with Crippen LogP contribution in [-0.4, -0.2) is 22.8 Å². The van der Waals surface area contributed by atoms with Gasteiger partial charge in [-0.3, -0.25) is 4.57 Å². The summed E-state index contributed by atoms with van der Waals surface area (Å²) < 4.78 is 11.2. The fraction of sp³-hybridized carbons (Fsp3) is 0.200. The van der Waals surface area contributed by atoms with Crippen LogP contribution in [0, 0.1) is 4.84 Å². The molecule has 16 heavy (non-hydrogen) atoms. The molecule has 0 amide bonds. The zero-order valence-electron chi connectivity index (χ0n) is 8.47. The number of aromatic nitrogens is 1. The molecule has 1 heterocycles. The highest BCUT2D eigenvalue weighted by atomic mass is 32.1. The number of fused-ring (bicyclic) bond motifs is 1. The fourth-order valence-corrected chi connectivity index (χ4v) is 1.69. The highest BCUT2D eigenvalue weighted by Crippen LogP contribution is 2.19. The van der Waals surface area contributed by atoms with Crippen molar-refractivity contribution in [3.63, 3.8) is 0 Å². The van der Waals surface area contributed by atoms with Gasteiger partial charge in [0.15, 0.2) is 5.58 Å². The van der Waals surface area contributed by atoms with Crippen molar-refractivity contribution in [1.82, 2.24) is 4.57 Å². The van der Waals surface area contributed by atoms with Gasteiger partial charge >= 0.3 is 5.97 Å². The van der Waals surface area contributed by atoms with Crippen LogP contribution in [0.4, 0.5) is 0 Å². The van der Waals surface area contributed by atoms with E-state index in [0.29, 0.717) is 16.7 Å². The van der Waals surface area contributed by atoms with Crippen molar-refractivity contribution in [2.75, 3.05) is 7.11 Å². The van der Waals surface area contributed by atoms with Gasteiger partial charge in [0.2, 0.25) is 0 Å². The van der Waals surface area contributed by atoms with Gasteiger partial charge in [-0.1, -0.05) is 0 Å². The van der Waals surface area contributed by atoms with Crippen molar-refractivity contribution < 1.29 is 19.1 Å². The smallest absolute Gasteiger partial charge is 0.337 e. The van der Waals surface area contributed by atoms with Gasteiger partial charge in [-0.2, -0.15) is 0 Å². The number of benzene rings is 1. The molecule has 0 spiro atoms. The average Bonchev–Trinajstić information content (AvgIpc) is 2.62. The Balaban J connectivity index is 2.68. The summed E-state index contributed by atoms with van der Waals surface area (Å²) in [6.07, 6.45) is 0. The number of hydrogen-bond donors (Lipinski definition) is 1. The van der Waals surface area contributed by atoms with Crippen molar-refractivity contribution in [2.24, 2.45) is 0 Å². The second kappa shape index (κ2) is 4.07. The molecule has 0 radical (unpaired) electrons. The summed E-state index contributed by atoms with van der Waals surface area (Å²) in [4.78, 5) is 11.5. The highest BCUT2D eigenvalue weighted by molar-refractivity contribution is 7.71. The zero-order chi connectivity index (χ0) is 11.7. The molecule has 0 fully saturated rings. The molecule has 1 N–H and O–H groups in total. The zero-order valence-corrected chi connectivity index (χ0v) is 9.28. The summed E-state index contributed by atoms with van der Waals surface area (Å²) in [5.41, 5.74) is 1.47. The Labute approximate surface area is 95.9 Å². The number of ether oxygens (including phenoxy) is 1. The largest absolute Gasteiger partial charge is 0.465 e. The number of oxazole rings is 1. The Morgan fingerprint density at radius 3 is 3.00 bits per heavy atom. The van der Waals surface area contributed by atoms with Gasteiger partial charge in [0.25, 0.3) is 4.84 Å². The third-order valence-electron chi connectivity index (χ3n) is 2.23. The number of rotatable bonds is 2. The van der Waals surface area contributed by atoms with Crippen molar-refractivity contribution in [3.8, 4) is 0 Å². The van der Waals surface area contributed by atoms with E-state index < -0.39 is 5.97 Å². The van der Waals surface area contributed by atoms with Gasteiger partial charge in [-0.25, -0.2) is 4.79 Å². The monoisotopic (exact) mass is 239 g/mol. The maximum atomic E-state index is 11.3. The number of aliphatic hydroxyl groups excluding tert-OH is 1. The second-order valence-electron chi connectivity index (χ2n) is 3.11. The molecule has 2 aromatic rings. The van der Waals surface area contributed by atoms with E-state index in [1.807, 2.05) is 0 Å². The van der Waals surface area contributed by atoms with Crippen molar-refractivity contribution in [3.05, 3.63) is 28.6 Å². The van der Waals surface area contributed by atoms with E-state index in [4.69, 9.17) is 21.7 Å². The third-order valence-corrected chi connectivity index (χ3v) is 2.53. The molecule has 0 aliphatic rings. The summed E-state index contributed by atoms with van der Waals surface area (Å²) >= 11 is 4.91. The summed E-state index contributed by atoms with van der Waals surface area (Å²) in [5.74, 6) is -0.446. The van der Waals surface area contributed by atoms with E-state index >= 15 is 0 Å². The van der Waals surface area contributed by atoms with E-state index in [1.54, 1.807) is 18.2 Å². The van der Waals surface area contributed by atoms with Gasteiger partial charge in [-0.05, 0) is 30.4 Å². The Hall–Kier alpha value is -1.66. The normalized spacial score (nSPS) is 10.6. The molecule has 0 saturated carbocycles. The number of nitrogens with zero attached hydrogens (tertiary/aromatic N) is 1. The Kier molecular flexibility index (Phi) is 2.76. The number of carbonyl (C=O) groups is 1. The molecule has 0 bridgehead atoms. The van der Waals surface area contributed by atoms with E-state index in [9.17, 15) is 4.79 Å². The summed E-state index contributed by atoms with van der Waals surface area (Å²) in [7, 11) is 1.31. The first-order chi connectivity index (χ1) is 7.67. The highest BCUT2D eigenvalue weighted by Gasteiger charge is 2.10. The molecule has 0 unspecified atom stereocenters. The molecule has 1 aromatic heterocycles. The van der Waals surface area contributed by atoms with Gasteiger partial charge in [0, 0.05) is 0 Å². The van der Waals surface area contributed by atoms with Crippen LogP contribution >= 0.6 is 12.2 Å². The number of hydrogen-bond acceptors (Lipinski definition) is 5. The van der Waals surface area contributed by atoms with Crippen molar-refractivity contribution in [1.29, 1.82) is 0 Å². The van der Waals surface area contributed by atoms with Crippen LogP contribution in [0.25, 0.3) is 11.1 Å². The summed E-state index contributed by atoms with van der Waals surface area (Å²) in [6, 6.07) is 4.76. The van der Waals surface area contributed by atoms with Gasteiger partial charge in [-0.15, -0.1) is 0 Å². The Bertz CT molecular complexity index is 598. The molecule has 2 rings (SSSR count). The van der Waals surface area contributed by atoms with Crippen molar-refractivity contribution >= 4 is 29.3 Å². The maximum Gasteiger partial charge on any atom is 0.337 e. The lowest BCUT2D eigenvalue weighted by molar-refractivity contribution is 0.0601. The number of methoxy groups -OCH3 is 1. The van der Waals surface area contributed by atoms with Crippen LogP contribution in [0.3, 0.4) is 0 Å². The molecule has 6 heteroatoms. The van der Waals surface area contributed by atoms with Gasteiger partial charge in [0.05, 0.1) is 18.2 Å². The van der Waals surface area contributed by atoms with Gasteiger partial charge in [0.1, 0.15) is 6.73 Å². The van der Waals surface area contributed by atoms with E-state index in [-0.39, 0.29) is 11.6 Å². The molecule has 0 aliphatic carbocycles. The molecule has 0 aliphatic heterocycles. The lowest BCUT2D eigenvalue weighted by Gasteiger charge is -2.00. The molecule has 0 atom stereocenters. The Morgan fingerprint density at radius 2 is 2.38 bits per heavy atom. The fourth-order valence-electron chi connectivity index (χ4n) is 1.44. The van der Waals surface area contributed by atoms with E-state index in [0.717, 1.165) is 0 Å². The predicted molar refractivity (Wildman–Crippen MR) is 58.6 cm³/mol. The molecular formula is C10H9NO4S. The topological polar surface area (TPSA) is 64.6 Å². The van der Waals surface area contributed by atoms with Crippen LogP contribution in [0.15, 0.2) is 22.6 Å². The standard InChI is InChI=1S/C10H9NO4S/c1-14-9(13)6-2-3-8-7(4-6)11(5-12)10(16)15-8/h2-4,12H,5H2,1H3. The van der Waals surface area contributed by atoms with Crippen LogP contribution in [0.2, 0.25) is 0 Å². The minimum absolute atomic E-state index is 0.166. The van der Waals surface area contributed by atoms with Crippen molar-refractivity contribution in [2.45, 2.75) is 6.73 Å². The first-order valence-electron chi connectivity index (χ1n) is 4.50. The Morgan fingerprint density at radius 1 is 1.62 bits per heavy atom. The maximum absolute atomic E-state index is 11.3. The molecule has 5 nitrogen and oxygen atoms in total. The number of esters is 1. The minimum Gasteiger partial charge on any atom is -0.465 e. The predicted octanol–water partition coefficient (Wildman–Crippen LogP) is 1.70. The quantitative estimate of drug-likeness (QED) is 0.638. The molecule has 84 valence electrons. The van der Waals surface area contributed by atoms with E-state index in [1.165, 1.54) is 11.7 Å².